The predicted molar refractivity (Wildman–Crippen MR) is 128 cm³/mol. The predicted octanol–water partition coefficient (Wildman–Crippen LogP) is 3.31. The van der Waals surface area contributed by atoms with Crippen molar-refractivity contribution in [2.24, 2.45) is 4.99 Å². The molecule has 3 rings (SSSR count). The molecular weight excluding hydrogens is 404 g/mol. The number of hydrogen-bond donors (Lipinski definition) is 2. The van der Waals surface area contributed by atoms with Crippen molar-refractivity contribution in [2.45, 2.75) is 71.9 Å². The van der Waals surface area contributed by atoms with E-state index in [0.29, 0.717) is 18.6 Å². The van der Waals surface area contributed by atoms with Gasteiger partial charge in [0.2, 0.25) is 0 Å². The maximum absolute atomic E-state index is 5.68. The van der Waals surface area contributed by atoms with E-state index in [1.165, 1.54) is 5.56 Å². The smallest absolute Gasteiger partial charge is 0.191 e. The molecule has 0 saturated heterocycles. The summed E-state index contributed by atoms with van der Waals surface area (Å²) < 4.78 is 13.1. The minimum atomic E-state index is 0.303. The first-order valence-corrected chi connectivity index (χ1v) is 11.8. The largest absolute Gasteiger partial charge is 0.493 e. The lowest BCUT2D eigenvalue weighted by Crippen LogP contribution is -2.47. The van der Waals surface area contributed by atoms with Crippen molar-refractivity contribution in [3.8, 4) is 11.5 Å². The van der Waals surface area contributed by atoms with Crippen molar-refractivity contribution in [1.29, 1.82) is 0 Å². The van der Waals surface area contributed by atoms with Crippen LogP contribution < -0.4 is 20.1 Å². The molecule has 2 aromatic rings. The molecule has 1 aromatic carbocycles. The normalized spacial score (nSPS) is 16.1. The Bertz CT molecular complexity index is 893. The van der Waals surface area contributed by atoms with E-state index in [1.54, 1.807) is 7.11 Å². The number of methoxy groups -OCH3 is 1. The second-order valence-corrected chi connectivity index (χ2v) is 8.39. The molecule has 176 valence electrons. The molecule has 2 heterocycles. The van der Waals surface area contributed by atoms with Crippen LogP contribution in [0.25, 0.3) is 0 Å². The third-order valence-electron chi connectivity index (χ3n) is 5.50. The van der Waals surface area contributed by atoms with Crippen LogP contribution in [0.5, 0.6) is 11.5 Å². The maximum atomic E-state index is 5.68. The van der Waals surface area contributed by atoms with Crippen molar-refractivity contribution < 1.29 is 9.47 Å². The van der Waals surface area contributed by atoms with E-state index in [-0.39, 0.29) is 0 Å². The lowest BCUT2D eigenvalue weighted by molar-refractivity contribution is 0.310. The van der Waals surface area contributed by atoms with Gasteiger partial charge in [0.25, 0.3) is 0 Å². The van der Waals surface area contributed by atoms with Crippen LogP contribution in [0, 0.1) is 0 Å². The number of hydrogen-bond acceptors (Lipinski definition) is 5. The van der Waals surface area contributed by atoms with Gasteiger partial charge in [-0.1, -0.05) is 19.9 Å². The fourth-order valence-electron chi connectivity index (χ4n) is 3.82. The molecule has 1 atom stereocenters. The summed E-state index contributed by atoms with van der Waals surface area (Å²) in [6, 6.07) is 6.44. The summed E-state index contributed by atoms with van der Waals surface area (Å²) >= 11 is 0. The minimum Gasteiger partial charge on any atom is -0.493 e. The monoisotopic (exact) mass is 442 g/mol. The molecule has 8 heteroatoms. The zero-order valence-electron chi connectivity index (χ0n) is 20.1. The number of aryl methyl sites for hydroxylation is 2. The lowest BCUT2D eigenvalue weighted by Gasteiger charge is -2.25. The van der Waals surface area contributed by atoms with Crippen molar-refractivity contribution in [3.63, 3.8) is 0 Å². The van der Waals surface area contributed by atoms with Crippen LogP contribution in [-0.2, 0) is 19.4 Å². The van der Waals surface area contributed by atoms with E-state index in [0.717, 1.165) is 74.4 Å². The van der Waals surface area contributed by atoms with Gasteiger partial charge in [0.1, 0.15) is 5.82 Å². The molecule has 0 saturated carbocycles. The van der Waals surface area contributed by atoms with Crippen molar-refractivity contribution in [2.75, 3.05) is 26.8 Å². The highest BCUT2D eigenvalue weighted by Crippen LogP contribution is 2.28. The summed E-state index contributed by atoms with van der Waals surface area (Å²) in [6.07, 6.45) is 3.88. The number of nitrogens with zero attached hydrogens (tertiary/aromatic N) is 4. The number of fused-ring (bicyclic) bond motifs is 1. The summed E-state index contributed by atoms with van der Waals surface area (Å²) in [7, 11) is 1.67. The summed E-state index contributed by atoms with van der Waals surface area (Å²) in [6.45, 7) is 11.4. The highest BCUT2D eigenvalue weighted by molar-refractivity contribution is 5.80. The Labute approximate surface area is 191 Å². The van der Waals surface area contributed by atoms with Gasteiger partial charge >= 0.3 is 0 Å². The van der Waals surface area contributed by atoms with E-state index in [4.69, 9.17) is 14.5 Å². The Morgan fingerprint density at radius 1 is 1.28 bits per heavy atom. The van der Waals surface area contributed by atoms with Gasteiger partial charge in [0, 0.05) is 31.5 Å². The fourth-order valence-corrected chi connectivity index (χ4v) is 3.82. The third kappa shape index (κ3) is 6.37. The van der Waals surface area contributed by atoms with Gasteiger partial charge in [-0.3, -0.25) is 4.99 Å². The summed E-state index contributed by atoms with van der Waals surface area (Å²) in [5.41, 5.74) is 1.23. The summed E-state index contributed by atoms with van der Waals surface area (Å²) in [5, 5.41) is 11.6. The average Bonchev–Trinajstić information content (AvgIpc) is 3.21. The fraction of sp³-hybridized carbons (Fsp3) is 0.625. The SMILES string of the molecule is CCNC(=NCCCc1ccc(OC)c(OCC)c1)NC1CCc2nc(C(C)C)nn2C1. The summed E-state index contributed by atoms with van der Waals surface area (Å²) in [5.74, 6) is 4.84. The van der Waals surface area contributed by atoms with Crippen molar-refractivity contribution in [3.05, 3.63) is 35.4 Å². The number of rotatable bonds is 10. The van der Waals surface area contributed by atoms with Crippen molar-refractivity contribution >= 4 is 5.96 Å². The van der Waals surface area contributed by atoms with Crippen molar-refractivity contribution in [1.82, 2.24) is 25.4 Å². The minimum absolute atomic E-state index is 0.303. The molecule has 0 aliphatic carbocycles. The molecule has 0 amide bonds. The van der Waals surface area contributed by atoms with Gasteiger partial charge in [-0.05, 0) is 50.8 Å². The van der Waals surface area contributed by atoms with Crippen LogP contribution in [0.3, 0.4) is 0 Å². The molecule has 1 aliphatic heterocycles. The van der Waals surface area contributed by atoms with Gasteiger partial charge in [-0.15, -0.1) is 0 Å². The van der Waals surface area contributed by atoms with Gasteiger partial charge < -0.3 is 20.1 Å². The van der Waals surface area contributed by atoms with E-state index in [2.05, 4.69) is 58.3 Å². The quantitative estimate of drug-likeness (QED) is 0.334. The molecule has 32 heavy (non-hydrogen) atoms. The van der Waals surface area contributed by atoms with E-state index in [9.17, 15) is 0 Å². The third-order valence-corrected chi connectivity index (χ3v) is 5.50. The number of nitrogens with one attached hydrogen (secondary N) is 2. The van der Waals surface area contributed by atoms with Gasteiger partial charge in [-0.2, -0.15) is 5.10 Å². The van der Waals surface area contributed by atoms with Gasteiger partial charge in [0.15, 0.2) is 23.3 Å². The molecule has 1 aromatic heterocycles. The second-order valence-electron chi connectivity index (χ2n) is 8.39. The van der Waals surface area contributed by atoms with Crippen LogP contribution in [0.2, 0.25) is 0 Å². The van der Waals surface area contributed by atoms with Gasteiger partial charge in [0.05, 0.1) is 20.3 Å². The van der Waals surface area contributed by atoms with E-state index < -0.39 is 0 Å². The van der Waals surface area contributed by atoms with Crippen LogP contribution in [0.4, 0.5) is 0 Å². The van der Waals surface area contributed by atoms with Crippen LogP contribution >= 0.6 is 0 Å². The van der Waals surface area contributed by atoms with E-state index in [1.807, 2.05) is 13.0 Å². The first-order chi connectivity index (χ1) is 15.5. The Kier molecular flexibility index (Phi) is 8.76. The lowest BCUT2D eigenvalue weighted by atomic mass is 10.1. The topological polar surface area (TPSA) is 85.6 Å². The Hall–Kier alpha value is -2.77. The summed E-state index contributed by atoms with van der Waals surface area (Å²) in [4.78, 5) is 9.48. The zero-order chi connectivity index (χ0) is 22.9. The first kappa shape index (κ1) is 23.9. The highest BCUT2D eigenvalue weighted by Gasteiger charge is 2.23. The van der Waals surface area contributed by atoms with Gasteiger partial charge in [-0.25, -0.2) is 9.67 Å². The molecule has 8 nitrogen and oxygen atoms in total. The number of ether oxygens (including phenoxy) is 2. The molecule has 2 N–H and O–H groups in total. The molecule has 0 fully saturated rings. The first-order valence-electron chi connectivity index (χ1n) is 11.8. The maximum Gasteiger partial charge on any atom is 0.191 e. The molecule has 1 aliphatic rings. The molecular formula is C24H38N6O2. The average molecular weight is 443 g/mol. The number of aromatic nitrogens is 3. The number of benzene rings is 1. The Morgan fingerprint density at radius 2 is 2.12 bits per heavy atom. The molecule has 0 radical (unpaired) electrons. The number of aliphatic imine (C=N–C) groups is 1. The standard InChI is InChI=1S/C24H38N6O2/c1-6-25-24(27-19-11-13-22-28-23(17(3)4)29-30(22)16-19)26-14-8-9-18-10-12-20(31-5)21(15-18)32-7-2/h10,12,15,17,19H,6-9,11,13-14,16H2,1-5H3,(H2,25,26,27). The zero-order valence-corrected chi connectivity index (χ0v) is 20.1. The van der Waals surface area contributed by atoms with Crippen LogP contribution in [-0.4, -0.2) is 53.6 Å². The molecule has 0 bridgehead atoms. The Morgan fingerprint density at radius 3 is 2.84 bits per heavy atom. The number of guanidine groups is 1. The van der Waals surface area contributed by atoms with Crippen LogP contribution in [0.15, 0.2) is 23.2 Å². The second kappa shape index (κ2) is 11.7. The Balaban J connectivity index is 1.53. The van der Waals surface area contributed by atoms with E-state index >= 15 is 0 Å². The highest BCUT2D eigenvalue weighted by atomic mass is 16.5. The molecule has 1 unspecified atom stereocenters. The molecule has 0 spiro atoms. The van der Waals surface area contributed by atoms with Crippen LogP contribution in [0.1, 0.15) is 63.7 Å².